The van der Waals surface area contributed by atoms with Crippen molar-refractivity contribution in [2.75, 3.05) is 11.5 Å². The summed E-state index contributed by atoms with van der Waals surface area (Å²) in [7, 11) is 0. The fourth-order valence-corrected chi connectivity index (χ4v) is 1.45. The molecule has 0 heterocycles. The molecule has 0 unspecified atom stereocenters. The Morgan fingerprint density at radius 3 is 2.00 bits per heavy atom. The molecule has 0 spiro atoms. The lowest BCUT2D eigenvalue weighted by Crippen LogP contribution is -1.96. The molecule has 0 radical (unpaired) electrons. The maximum atomic E-state index is 9.58. The minimum absolute atomic E-state index is 0.0150. The van der Waals surface area contributed by atoms with Gasteiger partial charge in [-0.25, -0.2) is 0 Å². The highest BCUT2D eigenvalue weighted by atomic mass is 16.3. The van der Waals surface area contributed by atoms with Crippen LogP contribution in [0.25, 0.3) is 10.8 Å². The Morgan fingerprint density at radius 1 is 0.786 bits per heavy atom. The van der Waals surface area contributed by atoms with E-state index >= 15 is 0 Å². The summed E-state index contributed by atoms with van der Waals surface area (Å²) in [4.78, 5) is 0. The van der Waals surface area contributed by atoms with Gasteiger partial charge in [0.2, 0.25) is 0 Å². The molecule has 0 saturated heterocycles. The van der Waals surface area contributed by atoms with Crippen LogP contribution in [0.5, 0.6) is 11.5 Å². The van der Waals surface area contributed by atoms with E-state index in [0.717, 1.165) is 0 Å². The summed E-state index contributed by atoms with van der Waals surface area (Å²) >= 11 is 0. The predicted molar refractivity (Wildman–Crippen MR) is 56.1 cm³/mol. The van der Waals surface area contributed by atoms with E-state index < -0.39 is 0 Å². The molecule has 4 heteroatoms. The molecule has 4 nitrogen and oxygen atoms in total. The number of anilines is 2. The van der Waals surface area contributed by atoms with Crippen molar-refractivity contribution in [1.29, 1.82) is 0 Å². The summed E-state index contributed by atoms with van der Waals surface area (Å²) in [5.74, 6) is -0.589. The first kappa shape index (κ1) is 8.50. The van der Waals surface area contributed by atoms with Gasteiger partial charge in [0.1, 0.15) is 5.69 Å². The fourth-order valence-electron chi connectivity index (χ4n) is 1.45. The van der Waals surface area contributed by atoms with Crippen molar-refractivity contribution in [2.45, 2.75) is 0 Å². The highest BCUT2D eigenvalue weighted by Crippen LogP contribution is 2.43. The molecule has 0 amide bonds. The predicted octanol–water partition coefficient (Wildman–Crippen LogP) is 1.42. The second-order valence-electron chi connectivity index (χ2n) is 3.07. The van der Waals surface area contributed by atoms with E-state index in [1.54, 1.807) is 24.3 Å². The van der Waals surface area contributed by atoms with Crippen LogP contribution in [-0.2, 0) is 0 Å². The largest absolute Gasteiger partial charge is 0.504 e. The number of hydrogen-bond donors (Lipinski definition) is 4. The first-order valence-corrected chi connectivity index (χ1v) is 4.10. The molecule has 2 aromatic rings. The van der Waals surface area contributed by atoms with Crippen molar-refractivity contribution >= 4 is 22.1 Å². The van der Waals surface area contributed by atoms with Gasteiger partial charge in [-0.1, -0.05) is 24.3 Å². The van der Waals surface area contributed by atoms with Crippen LogP contribution in [0.15, 0.2) is 24.3 Å². The zero-order valence-electron chi connectivity index (χ0n) is 7.36. The number of hydrogen-bond acceptors (Lipinski definition) is 4. The molecule has 72 valence electrons. The Balaban J connectivity index is 3.02. The van der Waals surface area contributed by atoms with Gasteiger partial charge < -0.3 is 21.7 Å². The Morgan fingerprint density at radius 2 is 1.36 bits per heavy atom. The first-order chi connectivity index (χ1) is 6.63. The third-order valence-corrected chi connectivity index (χ3v) is 2.24. The molecular weight excluding hydrogens is 180 g/mol. The number of phenolic OH excluding ortho intramolecular Hbond substituents is 2. The van der Waals surface area contributed by atoms with Crippen LogP contribution in [0.1, 0.15) is 0 Å². The van der Waals surface area contributed by atoms with E-state index in [0.29, 0.717) is 10.8 Å². The molecule has 2 aromatic carbocycles. The van der Waals surface area contributed by atoms with Crippen molar-refractivity contribution in [2.24, 2.45) is 0 Å². The maximum absolute atomic E-state index is 9.58. The van der Waals surface area contributed by atoms with E-state index in [4.69, 9.17) is 11.5 Å². The molecule has 0 aliphatic heterocycles. The maximum Gasteiger partial charge on any atom is 0.183 e. The molecule has 0 fully saturated rings. The number of aromatic hydroxyl groups is 2. The van der Waals surface area contributed by atoms with E-state index in [1.807, 2.05) is 0 Å². The molecule has 14 heavy (non-hydrogen) atoms. The molecule has 2 rings (SSSR count). The van der Waals surface area contributed by atoms with Crippen molar-refractivity contribution < 1.29 is 10.2 Å². The SMILES string of the molecule is Nc1c(O)c(O)c2ccccc2c1N. The minimum Gasteiger partial charge on any atom is -0.504 e. The van der Waals surface area contributed by atoms with Crippen molar-refractivity contribution in [3.63, 3.8) is 0 Å². The van der Waals surface area contributed by atoms with Crippen LogP contribution in [0.3, 0.4) is 0 Å². The van der Waals surface area contributed by atoms with E-state index in [9.17, 15) is 10.2 Å². The second-order valence-corrected chi connectivity index (χ2v) is 3.07. The fraction of sp³-hybridized carbons (Fsp3) is 0. The van der Waals surface area contributed by atoms with Gasteiger partial charge in [0, 0.05) is 10.8 Å². The number of fused-ring (bicyclic) bond motifs is 1. The van der Waals surface area contributed by atoms with Crippen molar-refractivity contribution in [3.8, 4) is 11.5 Å². The minimum atomic E-state index is -0.360. The standard InChI is InChI=1S/C10H10N2O2/c11-7-5-3-1-2-4-6(5)9(13)10(14)8(7)12/h1-4,13-14H,11-12H2. The van der Waals surface area contributed by atoms with Crippen LogP contribution in [0.4, 0.5) is 11.4 Å². The number of nitrogens with two attached hydrogens (primary N) is 2. The second kappa shape index (κ2) is 2.70. The summed E-state index contributed by atoms with van der Waals surface area (Å²) in [5, 5.41) is 20.1. The van der Waals surface area contributed by atoms with Gasteiger partial charge in [-0.3, -0.25) is 0 Å². The van der Waals surface area contributed by atoms with Crippen LogP contribution >= 0.6 is 0 Å². The van der Waals surface area contributed by atoms with Crippen molar-refractivity contribution in [1.82, 2.24) is 0 Å². The third kappa shape index (κ3) is 0.939. The molecule has 0 saturated carbocycles. The van der Waals surface area contributed by atoms with Crippen LogP contribution in [0, 0.1) is 0 Å². The molecular formula is C10H10N2O2. The van der Waals surface area contributed by atoms with Crippen LogP contribution < -0.4 is 11.5 Å². The summed E-state index contributed by atoms with van der Waals surface area (Å²) in [6.07, 6.45) is 0. The van der Waals surface area contributed by atoms with E-state index in [2.05, 4.69) is 0 Å². The summed E-state index contributed by atoms with van der Waals surface area (Å²) in [6, 6.07) is 6.94. The lowest BCUT2D eigenvalue weighted by molar-refractivity contribution is 0.410. The van der Waals surface area contributed by atoms with Crippen molar-refractivity contribution in [3.05, 3.63) is 24.3 Å². The Kier molecular flexibility index (Phi) is 1.64. The molecule has 0 atom stereocenters. The zero-order chi connectivity index (χ0) is 10.3. The number of rotatable bonds is 0. The smallest absolute Gasteiger partial charge is 0.183 e. The average Bonchev–Trinajstić information content (AvgIpc) is 2.23. The molecule has 0 aromatic heterocycles. The Bertz CT molecular complexity index is 462. The Labute approximate surface area is 80.4 Å². The normalized spacial score (nSPS) is 10.6. The van der Waals surface area contributed by atoms with Gasteiger partial charge in [-0.15, -0.1) is 0 Å². The highest BCUT2D eigenvalue weighted by Gasteiger charge is 2.13. The molecule has 0 aliphatic carbocycles. The lowest BCUT2D eigenvalue weighted by Gasteiger charge is -2.09. The summed E-state index contributed by atoms with van der Waals surface area (Å²) < 4.78 is 0. The number of benzene rings is 2. The third-order valence-electron chi connectivity index (χ3n) is 2.24. The van der Waals surface area contributed by atoms with Crippen LogP contribution in [0.2, 0.25) is 0 Å². The molecule has 6 N–H and O–H groups in total. The van der Waals surface area contributed by atoms with E-state index in [1.165, 1.54) is 0 Å². The monoisotopic (exact) mass is 190 g/mol. The first-order valence-electron chi connectivity index (χ1n) is 4.10. The molecule has 0 bridgehead atoms. The van der Waals surface area contributed by atoms with Gasteiger partial charge in [0.05, 0.1) is 5.69 Å². The van der Waals surface area contributed by atoms with Gasteiger partial charge in [-0.05, 0) is 0 Å². The van der Waals surface area contributed by atoms with Gasteiger partial charge in [-0.2, -0.15) is 0 Å². The average molecular weight is 190 g/mol. The Hall–Kier alpha value is -2.10. The number of nitrogen functional groups attached to an aromatic ring is 2. The van der Waals surface area contributed by atoms with Gasteiger partial charge in [0.15, 0.2) is 11.5 Å². The zero-order valence-corrected chi connectivity index (χ0v) is 7.36. The van der Waals surface area contributed by atoms with Crippen LogP contribution in [-0.4, -0.2) is 10.2 Å². The van der Waals surface area contributed by atoms with Gasteiger partial charge >= 0.3 is 0 Å². The lowest BCUT2D eigenvalue weighted by atomic mass is 10.1. The summed E-state index contributed by atoms with van der Waals surface area (Å²) in [6.45, 7) is 0. The summed E-state index contributed by atoms with van der Waals surface area (Å²) in [5.41, 5.74) is 11.5. The topological polar surface area (TPSA) is 92.5 Å². The quantitative estimate of drug-likeness (QED) is 0.287. The van der Waals surface area contributed by atoms with E-state index in [-0.39, 0.29) is 22.9 Å². The van der Waals surface area contributed by atoms with Gasteiger partial charge in [0.25, 0.3) is 0 Å². The highest BCUT2D eigenvalue weighted by molar-refractivity contribution is 6.05. The molecule has 0 aliphatic rings. The number of phenols is 2.